The molecule has 0 bridgehead atoms. The molecule has 0 atom stereocenters. The van der Waals surface area contributed by atoms with E-state index in [1.807, 2.05) is 32.0 Å². The minimum Gasteiger partial charge on any atom is -0.491 e. The van der Waals surface area contributed by atoms with Crippen molar-refractivity contribution >= 4 is 15.9 Å². The first kappa shape index (κ1) is 21.9. The van der Waals surface area contributed by atoms with Gasteiger partial charge in [0.2, 0.25) is 10.0 Å². The molecule has 0 aliphatic heterocycles. The van der Waals surface area contributed by atoms with E-state index in [-0.39, 0.29) is 10.8 Å². The van der Waals surface area contributed by atoms with Gasteiger partial charge in [0, 0.05) is 18.7 Å². The molecular formula is C21H28N2O4S. The molecule has 0 aliphatic carbocycles. The molecule has 0 aliphatic rings. The van der Waals surface area contributed by atoms with E-state index in [1.54, 1.807) is 13.8 Å². The third-order valence-corrected chi connectivity index (χ3v) is 6.57. The number of rotatable bonds is 9. The Kier molecular flexibility index (Phi) is 7.60. The standard InChI is InChI=1S/C21H28N2O4S/c1-5-23(6-2)28(25,26)19-12-10-18(11-13-19)21(24)22-14-15-27-20-16(3)8-7-9-17(20)4/h7-13H,5-6,14-15H2,1-4H3,(H,22,24). The van der Waals surface area contributed by atoms with Crippen LogP contribution in [0.5, 0.6) is 5.75 Å². The lowest BCUT2D eigenvalue weighted by Gasteiger charge is -2.18. The number of hydrogen-bond acceptors (Lipinski definition) is 4. The van der Waals surface area contributed by atoms with Crippen LogP contribution in [0.4, 0.5) is 0 Å². The van der Waals surface area contributed by atoms with Gasteiger partial charge in [0.05, 0.1) is 11.4 Å². The van der Waals surface area contributed by atoms with Crippen molar-refractivity contribution in [3.63, 3.8) is 0 Å². The van der Waals surface area contributed by atoms with E-state index < -0.39 is 10.0 Å². The second-order valence-electron chi connectivity index (χ2n) is 6.44. The Morgan fingerprint density at radius 2 is 1.57 bits per heavy atom. The summed E-state index contributed by atoms with van der Waals surface area (Å²) in [4.78, 5) is 12.5. The summed E-state index contributed by atoms with van der Waals surface area (Å²) in [6.45, 7) is 9.07. The number of nitrogens with one attached hydrogen (secondary N) is 1. The normalized spacial score (nSPS) is 11.5. The summed E-state index contributed by atoms with van der Waals surface area (Å²) in [5, 5.41) is 2.79. The lowest BCUT2D eigenvalue weighted by Crippen LogP contribution is -2.31. The zero-order chi connectivity index (χ0) is 20.7. The predicted octanol–water partition coefficient (Wildman–Crippen LogP) is 3.14. The van der Waals surface area contributed by atoms with Crippen molar-refractivity contribution in [2.24, 2.45) is 0 Å². The fourth-order valence-corrected chi connectivity index (χ4v) is 4.40. The Hall–Kier alpha value is -2.38. The van der Waals surface area contributed by atoms with Gasteiger partial charge in [-0.25, -0.2) is 8.42 Å². The summed E-state index contributed by atoms with van der Waals surface area (Å²) in [6, 6.07) is 11.9. The largest absolute Gasteiger partial charge is 0.491 e. The van der Waals surface area contributed by atoms with Crippen LogP contribution in [0.15, 0.2) is 47.4 Å². The van der Waals surface area contributed by atoms with Crippen molar-refractivity contribution in [1.82, 2.24) is 9.62 Å². The second kappa shape index (κ2) is 9.71. The second-order valence-corrected chi connectivity index (χ2v) is 8.38. The molecule has 0 radical (unpaired) electrons. The summed E-state index contributed by atoms with van der Waals surface area (Å²) in [5.41, 5.74) is 2.51. The molecule has 0 fully saturated rings. The first-order valence-electron chi connectivity index (χ1n) is 9.38. The number of sulfonamides is 1. The topological polar surface area (TPSA) is 75.7 Å². The van der Waals surface area contributed by atoms with Gasteiger partial charge < -0.3 is 10.1 Å². The van der Waals surface area contributed by atoms with Gasteiger partial charge in [-0.05, 0) is 49.2 Å². The van der Waals surface area contributed by atoms with Gasteiger partial charge in [-0.1, -0.05) is 32.0 Å². The highest BCUT2D eigenvalue weighted by atomic mass is 32.2. The maximum absolute atomic E-state index is 12.5. The Morgan fingerprint density at radius 3 is 2.11 bits per heavy atom. The number of amides is 1. The Labute approximate surface area is 167 Å². The molecule has 152 valence electrons. The van der Waals surface area contributed by atoms with Crippen LogP contribution in [0.2, 0.25) is 0 Å². The van der Waals surface area contributed by atoms with E-state index in [4.69, 9.17) is 4.74 Å². The lowest BCUT2D eigenvalue weighted by molar-refractivity contribution is 0.0947. The number of aryl methyl sites for hydroxylation is 2. The van der Waals surface area contributed by atoms with E-state index in [0.29, 0.717) is 31.8 Å². The van der Waals surface area contributed by atoms with Gasteiger partial charge >= 0.3 is 0 Å². The fraction of sp³-hybridized carbons (Fsp3) is 0.381. The number of benzene rings is 2. The molecule has 1 amide bonds. The lowest BCUT2D eigenvalue weighted by atomic mass is 10.1. The number of carbonyl (C=O) groups excluding carboxylic acids is 1. The SMILES string of the molecule is CCN(CC)S(=O)(=O)c1ccc(C(=O)NCCOc2c(C)cccc2C)cc1. The highest BCUT2D eigenvalue weighted by Crippen LogP contribution is 2.22. The maximum Gasteiger partial charge on any atom is 0.251 e. The van der Waals surface area contributed by atoms with Crippen molar-refractivity contribution in [3.05, 3.63) is 59.2 Å². The molecule has 0 unspecified atom stereocenters. The van der Waals surface area contributed by atoms with Crippen molar-refractivity contribution in [3.8, 4) is 5.75 Å². The third kappa shape index (κ3) is 5.11. The van der Waals surface area contributed by atoms with Crippen LogP contribution in [0.25, 0.3) is 0 Å². The fourth-order valence-electron chi connectivity index (χ4n) is 2.94. The van der Waals surface area contributed by atoms with Gasteiger partial charge in [0.1, 0.15) is 12.4 Å². The average molecular weight is 405 g/mol. The van der Waals surface area contributed by atoms with Gasteiger partial charge in [0.25, 0.3) is 5.91 Å². The Bertz CT molecular complexity index is 884. The molecule has 2 rings (SSSR count). The summed E-state index contributed by atoms with van der Waals surface area (Å²) < 4.78 is 32.1. The van der Waals surface area contributed by atoms with Crippen LogP contribution in [0, 0.1) is 13.8 Å². The van der Waals surface area contributed by atoms with Gasteiger partial charge in [0.15, 0.2) is 0 Å². The summed E-state index contributed by atoms with van der Waals surface area (Å²) in [7, 11) is -3.52. The molecule has 2 aromatic rings. The number of carbonyl (C=O) groups is 1. The van der Waals surface area contributed by atoms with E-state index in [2.05, 4.69) is 5.32 Å². The molecule has 0 spiro atoms. The summed E-state index contributed by atoms with van der Waals surface area (Å²) in [6.07, 6.45) is 0. The van der Waals surface area contributed by atoms with Gasteiger partial charge in [-0.15, -0.1) is 0 Å². The smallest absolute Gasteiger partial charge is 0.251 e. The first-order chi connectivity index (χ1) is 13.3. The Morgan fingerprint density at radius 1 is 1.00 bits per heavy atom. The predicted molar refractivity (Wildman–Crippen MR) is 110 cm³/mol. The van der Waals surface area contributed by atoms with Crippen LogP contribution >= 0.6 is 0 Å². The highest BCUT2D eigenvalue weighted by Gasteiger charge is 2.21. The van der Waals surface area contributed by atoms with E-state index >= 15 is 0 Å². The van der Waals surface area contributed by atoms with Crippen LogP contribution in [0.3, 0.4) is 0 Å². The first-order valence-corrected chi connectivity index (χ1v) is 10.8. The molecule has 0 saturated carbocycles. The third-order valence-electron chi connectivity index (χ3n) is 4.50. The minimum atomic E-state index is -3.52. The van der Waals surface area contributed by atoms with Crippen LogP contribution in [0.1, 0.15) is 35.3 Å². The van der Waals surface area contributed by atoms with Crippen molar-refractivity contribution in [2.45, 2.75) is 32.6 Å². The van der Waals surface area contributed by atoms with E-state index in [9.17, 15) is 13.2 Å². The quantitative estimate of drug-likeness (QED) is 0.652. The highest BCUT2D eigenvalue weighted by molar-refractivity contribution is 7.89. The summed E-state index contributed by atoms with van der Waals surface area (Å²) >= 11 is 0. The van der Waals surface area contributed by atoms with E-state index in [1.165, 1.54) is 28.6 Å². The molecule has 0 saturated heterocycles. The van der Waals surface area contributed by atoms with Crippen molar-refractivity contribution in [2.75, 3.05) is 26.2 Å². The molecule has 0 aromatic heterocycles. The number of hydrogen-bond donors (Lipinski definition) is 1. The van der Waals surface area contributed by atoms with Crippen molar-refractivity contribution in [1.29, 1.82) is 0 Å². The molecule has 0 heterocycles. The average Bonchev–Trinajstić information content (AvgIpc) is 2.67. The molecule has 6 nitrogen and oxygen atoms in total. The molecule has 1 N–H and O–H groups in total. The van der Waals surface area contributed by atoms with Crippen molar-refractivity contribution < 1.29 is 17.9 Å². The Balaban J connectivity index is 1.93. The zero-order valence-corrected chi connectivity index (χ0v) is 17.7. The maximum atomic E-state index is 12.5. The van der Waals surface area contributed by atoms with Gasteiger partial charge in [-0.2, -0.15) is 4.31 Å². The number of ether oxygens (including phenoxy) is 1. The van der Waals surface area contributed by atoms with E-state index in [0.717, 1.165) is 16.9 Å². The van der Waals surface area contributed by atoms with Crippen LogP contribution in [-0.2, 0) is 10.0 Å². The minimum absolute atomic E-state index is 0.186. The number of nitrogens with zero attached hydrogens (tertiary/aromatic N) is 1. The molecule has 28 heavy (non-hydrogen) atoms. The molecule has 7 heteroatoms. The monoisotopic (exact) mass is 404 g/mol. The van der Waals surface area contributed by atoms with Gasteiger partial charge in [-0.3, -0.25) is 4.79 Å². The molecule has 2 aromatic carbocycles. The molecular weight excluding hydrogens is 376 g/mol. The van der Waals surface area contributed by atoms with Crippen LogP contribution < -0.4 is 10.1 Å². The van der Waals surface area contributed by atoms with Crippen LogP contribution in [-0.4, -0.2) is 44.9 Å². The number of para-hydroxylation sites is 1. The zero-order valence-electron chi connectivity index (χ0n) is 16.9. The summed E-state index contributed by atoms with van der Waals surface area (Å²) in [5.74, 6) is 0.569.